The van der Waals surface area contributed by atoms with Crippen molar-refractivity contribution in [2.75, 3.05) is 31.7 Å². The van der Waals surface area contributed by atoms with Gasteiger partial charge in [0.15, 0.2) is 0 Å². The lowest BCUT2D eigenvalue weighted by Gasteiger charge is -2.13. The normalized spacial score (nSPS) is 12.4. The van der Waals surface area contributed by atoms with Gasteiger partial charge in [-0.1, -0.05) is 0 Å². The highest BCUT2D eigenvalue weighted by Gasteiger charge is 2.05. The summed E-state index contributed by atoms with van der Waals surface area (Å²) >= 11 is 0. The third kappa shape index (κ3) is 3.65. The van der Waals surface area contributed by atoms with Crippen molar-refractivity contribution in [1.82, 2.24) is 5.32 Å². The number of benzene rings is 1. The second kappa shape index (κ2) is 5.43. The zero-order chi connectivity index (χ0) is 11.3. The molecule has 1 rings (SSSR count). The first-order valence-electron chi connectivity index (χ1n) is 4.74. The molecule has 5 nitrogen and oxygen atoms in total. The Morgan fingerprint density at radius 3 is 2.80 bits per heavy atom. The lowest BCUT2D eigenvalue weighted by Crippen LogP contribution is -2.29. The number of rotatable bonds is 5. The Morgan fingerprint density at radius 2 is 2.20 bits per heavy atom. The molecule has 0 aliphatic heterocycles. The van der Waals surface area contributed by atoms with E-state index >= 15 is 0 Å². The molecular formula is C10H17N3O2. The van der Waals surface area contributed by atoms with Crippen LogP contribution >= 0.6 is 0 Å². The van der Waals surface area contributed by atoms with Crippen LogP contribution in [0.4, 0.5) is 11.4 Å². The van der Waals surface area contributed by atoms with Crippen molar-refractivity contribution in [1.29, 1.82) is 0 Å². The predicted molar refractivity (Wildman–Crippen MR) is 60.7 cm³/mol. The number of aliphatic hydroxyl groups excluding tert-OH is 1. The average molecular weight is 211 g/mol. The first-order valence-corrected chi connectivity index (χ1v) is 4.74. The fourth-order valence-corrected chi connectivity index (χ4v) is 1.18. The molecule has 0 fully saturated rings. The summed E-state index contributed by atoms with van der Waals surface area (Å²) in [5, 5.41) is 12.2. The van der Waals surface area contributed by atoms with Gasteiger partial charge in [0.25, 0.3) is 0 Å². The van der Waals surface area contributed by atoms with Crippen LogP contribution in [0.3, 0.4) is 0 Å². The summed E-state index contributed by atoms with van der Waals surface area (Å²) in [5.74, 6) is 0.541. The SMILES string of the molecule is CNCC(O)COc1ccc(N)cc1N. The lowest BCUT2D eigenvalue weighted by molar-refractivity contribution is 0.108. The number of nitrogen functional groups attached to an aromatic ring is 2. The number of anilines is 2. The van der Waals surface area contributed by atoms with Crippen molar-refractivity contribution in [2.24, 2.45) is 0 Å². The molecule has 15 heavy (non-hydrogen) atoms. The molecule has 6 N–H and O–H groups in total. The molecule has 5 heteroatoms. The van der Waals surface area contributed by atoms with E-state index in [9.17, 15) is 5.11 Å². The number of nitrogens with one attached hydrogen (secondary N) is 1. The van der Waals surface area contributed by atoms with Crippen LogP contribution in [0.25, 0.3) is 0 Å². The lowest BCUT2D eigenvalue weighted by atomic mass is 10.2. The Morgan fingerprint density at radius 1 is 1.47 bits per heavy atom. The average Bonchev–Trinajstić information content (AvgIpc) is 2.17. The van der Waals surface area contributed by atoms with Crippen LogP contribution in [-0.4, -0.2) is 31.4 Å². The summed E-state index contributed by atoms with van der Waals surface area (Å²) in [5.41, 5.74) is 12.3. The Bertz CT molecular complexity index is 318. The fourth-order valence-electron chi connectivity index (χ4n) is 1.18. The maximum Gasteiger partial charge on any atom is 0.142 e. The highest BCUT2D eigenvalue weighted by molar-refractivity contribution is 5.60. The molecule has 0 radical (unpaired) electrons. The molecule has 0 spiro atoms. The van der Waals surface area contributed by atoms with Crippen LogP contribution in [-0.2, 0) is 0 Å². The van der Waals surface area contributed by atoms with Crippen molar-refractivity contribution in [3.8, 4) is 5.75 Å². The second-order valence-electron chi connectivity index (χ2n) is 3.32. The Hall–Kier alpha value is -1.46. The van der Waals surface area contributed by atoms with Crippen molar-refractivity contribution >= 4 is 11.4 Å². The Kier molecular flexibility index (Phi) is 4.20. The van der Waals surface area contributed by atoms with Crippen LogP contribution in [0.1, 0.15) is 0 Å². The minimum absolute atomic E-state index is 0.203. The van der Waals surface area contributed by atoms with Crippen molar-refractivity contribution < 1.29 is 9.84 Å². The first kappa shape index (κ1) is 11.6. The van der Waals surface area contributed by atoms with Crippen LogP contribution < -0.4 is 21.5 Å². The number of hydrogen-bond acceptors (Lipinski definition) is 5. The van der Waals surface area contributed by atoms with E-state index in [1.54, 1.807) is 25.2 Å². The van der Waals surface area contributed by atoms with Crippen LogP contribution in [0.2, 0.25) is 0 Å². The summed E-state index contributed by atoms with van der Waals surface area (Å²) in [6, 6.07) is 5.02. The minimum atomic E-state index is -0.549. The smallest absolute Gasteiger partial charge is 0.142 e. The van der Waals surface area contributed by atoms with E-state index in [1.807, 2.05) is 0 Å². The van der Waals surface area contributed by atoms with Gasteiger partial charge in [-0.25, -0.2) is 0 Å². The van der Waals surface area contributed by atoms with Crippen LogP contribution in [0, 0.1) is 0 Å². The summed E-state index contributed by atoms with van der Waals surface area (Å²) in [4.78, 5) is 0. The maximum absolute atomic E-state index is 9.40. The Labute approximate surface area is 89.0 Å². The van der Waals surface area contributed by atoms with Gasteiger partial charge in [-0.05, 0) is 25.2 Å². The number of likely N-dealkylation sites (N-methyl/N-ethyl adjacent to an activating group) is 1. The molecule has 0 aliphatic carbocycles. The molecule has 0 bridgehead atoms. The van der Waals surface area contributed by atoms with E-state index in [-0.39, 0.29) is 6.61 Å². The van der Waals surface area contributed by atoms with E-state index in [1.165, 1.54) is 0 Å². The molecule has 0 saturated carbocycles. The molecule has 0 amide bonds. The quantitative estimate of drug-likeness (QED) is 0.506. The third-order valence-electron chi connectivity index (χ3n) is 1.90. The van der Waals surface area contributed by atoms with Crippen molar-refractivity contribution in [3.05, 3.63) is 18.2 Å². The van der Waals surface area contributed by atoms with Crippen molar-refractivity contribution in [3.63, 3.8) is 0 Å². The van der Waals surface area contributed by atoms with Crippen LogP contribution in [0.15, 0.2) is 18.2 Å². The van der Waals surface area contributed by atoms with E-state index in [0.29, 0.717) is 23.7 Å². The number of aliphatic hydroxyl groups is 1. The molecule has 0 saturated heterocycles. The van der Waals surface area contributed by atoms with Gasteiger partial charge in [0, 0.05) is 12.2 Å². The molecular weight excluding hydrogens is 194 g/mol. The summed E-state index contributed by atoms with van der Waals surface area (Å²) < 4.78 is 5.34. The van der Waals surface area contributed by atoms with Gasteiger partial charge in [-0.2, -0.15) is 0 Å². The third-order valence-corrected chi connectivity index (χ3v) is 1.90. The second-order valence-corrected chi connectivity index (χ2v) is 3.32. The highest BCUT2D eigenvalue weighted by atomic mass is 16.5. The molecule has 1 atom stereocenters. The number of ether oxygens (including phenoxy) is 1. The van der Waals surface area contributed by atoms with Gasteiger partial charge in [0.05, 0.1) is 5.69 Å². The topological polar surface area (TPSA) is 93.5 Å². The van der Waals surface area contributed by atoms with E-state index < -0.39 is 6.10 Å². The maximum atomic E-state index is 9.40. The molecule has 1 unspecified atom stereocenters. The zero-order valence-corrected chi connectivity index (χ0v) is 8.73. The monoisotopic (exact) mass is 211 g/mol. The van der Waals surface area contributed by atoms with Gasteiger partial charge < -0.3 is 26.6 Å². The van der Waals surface area contributed by atoms with Crippen molar-refractivity contribution in [2.45, 2.75) is 6.10 Å². The standard InChI is InChI=1S/C10H17N3O2/c1-13-5-8(14)6-15-10-3-2-7(11)4-9(10)12/h2-4,8,13-14H,5-6,11-12H2,1H3. The summed E-state index contributed by atoms with van der Waals surface area (Å²) in [6.07, 6.45) is -0.549. The molecule has 0 aromatic heterocycles. The van der Waals surface area contributed by atoms with Gasteiger partial charge in [0.1, 0.15) is 18.5 Å². The largest absolute Gasteiger partial charge is 0.489 e. The zero-order valence-electron chi connectivity index (χ0n) is 8.73. The van der Waals surface area contributed by atoms with Crippen LogP contribution in [0.5, 0.6) is 5.75 Å². The number of hydrogen-bond donors (Lipinski definition) is 4. The highest BCUT2D eigenvalue weighted by Crippen LogP contribution is 2.23. The molecule has 0 aliphatic rings. The predicted octanol–water partition coefficient (Wildman–Crippen LogP) is -0.190. The van der Waals surface area contributed by atoms with E-state index in [2.05, 4.69) is 5.32 Å². The molecule has 1 aromatic carbocycles. The molecule has 0 heterocycles. The minimum Gasteiger partial charge on any atom is -0.489 e. The first-order chi connectivity index (χ1) is 7.13. The van der Waals surface area contributed by atoms with Gasteiger partial charge in [-0.3, -0.25) is 0 Å². The van der Waals surface area contributed by atoms with E-state index in [0.717, 1.165) is 0 Å². The van der Waals surface area contributed by atoms with E-state index in [4.69, 9.17) is 16.2 Å². The summed E-state index contributed by atoms with van der Waals surface area (Å²) in [6.45, 7) is 0.684. The number of nitrogens with two attached hydrogens (primary N) is 2. The van der Waals surface area contributed by atoms with Gasteiger partial charge in [-0.15, -0.1) is 0 Å². The van der Waals surface area contributed by atoms with Gasteiger partial charge in [0.2, 0.25) is 0 Å². The Balaban J connectivity index is 2.50. The van der Waals surface area contributed by atoms with Gasteiger partial charge >= 0.3 is 0 Å². The fraction of sp³-hybridized carbons (Fsp3) is 0.400. The molecule has 84 valence electrons. The summed E-state index contributed by atoms with van der Waals surface area (Å²) in [7, 11) is 1.76. The molecule has 1 aromatic rings.